The van der Waals surface area contributed by atoms with Crippen LogP contribution < -0.4 is 0 Å². The minimum Gasteiger partial charge on any atom is -0.462 e. The number of esters is 3. The van der Waals surface area contributed by atoms with E-state index in [0.717, 1.165) is 64.2 Å². The first-order valence-electron chi connectivity index (χ1n) is 35.3. The van der Waals surface area contributed by atoms with Crippen molar-refractivity contribution >= 4 is 17.9 Å². The van der Waals surface area contributed by atoms with Gasteiger partial charge < -0.3 is 14.2 Å². The summed E-state index contributed by atoms with van der Waals surface area (Å²) in [5.74, 6) is -0.833. The minimum atomic E-state index is -0.765. The summed E-state index contributed by atoms with van der Waals surface area (Å²) in [4.78, 5) is 38.3. The van der Waals surface area contributed by atoms with Crippen LogP contribution in [-0.4, -0.2) is 37.2 Å². The molecule has 0 spiro atoms. The first-order chi connectivity index (χ1) is 38.5. The maximum atomic E-state index is 12.9. The van der Waals surface area contributed by atoms with Crippen LogP contribution in [0.1, 0.15) is 400 Å². The number of rotatable bonds is 66. The average molecular weight is 1100 g/mol. The molecule has 78 heavy (non-hydrogen) atoms. The molecule has 0 rings (SSSR count). The largest absolute Gasteiger partial charge is 0.462 e. The summed E-state index contributed by atoms with van der Waals surface area (Å²) in [5.41, 5.74) is 0. The van der Waals surface area contributed by atoms with Crippen LogP contribution in [0, 0.1) is 0 Å². The zero-order chi connectivity index (χ0) is 56.4. The highest BCUT2D eigenvalue weighted by Gasteiger charge is 2.19. The lowest BCUT2D eigenvalue weighted by Gasteiger charge is -2.18. The van der Waals surface area contributed by atoms with E-state index in [0.29, 0.717) is 19.3 Å². The Morgan fingerprint density at radius 2 is 0.462 bits per heavy atom. The lowest BCUT2D eigenvalue weighted by molar-refractivity contribution is -0.167. The van der Waals surface area contributed by atoms with E-state index in [-0.39, 0.29) is 31.1 Å². The predicted octanol–water partition coefficient (Wildman–Crippen LogP) is 24.2. The van der Waals surface area contributed by atoms with Gasteiger partial charge in [0.15, 0.2) is 6.10 Å². The normalized spacial score (nSPS) is 12.1. The van der Waals surface area contributed by atoms with Crippen LogP contribution in [0.4, 0.5) is 0 Å². The molecule has 0 bridgehead atoms. The highest BCUT2D eigenvalue weighted by Crippen LogP contribution is 2.19. The number of hydrogen-bond donors (Lipinski definition) is 0. The van der Waals surface area contributed by atoms with Gasteiger partial charge in [-0.3, -0.25) is 14.4 Å². The van der Waals surface area contributed by atoms with Crippen molar-refractivity contribution < 1.29 is 28.6 Å². The molecule has 6 nitrogen and oxygen atoms in total. The molecule has 0 saturated carbocycles. The summed E-state index contributed by atoms with van der Waals surface area (Å²) in [7, 11) is 0. The Labute approximate surface area is 487 Å². The maximum absolute atomic E-state index is 12.9. The quantitative estimate of drug-likeness (QED) is 0.0261. The van der Waals surface area contributed by atoms with Gasteiger partial charge in [-0.1, -0.05) is 353 Å². The van der Waals surface area contributed by atoms with E-state index >= 15 is 0 Å². The lowest BCUT2D eigenvalue weighted by atomic mass is 10.0. The number of ether oxygens (including phenoxy) is 3. The summed E-state index contributed by atoms with van der Waals surface area (Å²) in [6, 6.07) is 0. The Morgan fingerprint density at radius 3 is 0.705 bits per heavy atom. The summed E-state index contributed by atoms with van der Waals surface area (Å²) in [6.07, 6.45) is 82.2. The van der Waals surface area contributed by atoms with E-state index in [9.17, 15) is 14.4 Å². The fraction of sp³-hybridized carbons (Fsp3) is 0.903. The standard InChI is InChI=1S/C72H136O6/c1-4-7-10-13-16-19-22-24-26-28-30-31-32-33-34-35-36-37-38-39-40-41-43-44-46-48-50-53-56-59-62-65-71(74)77-68-69(67-76-70(73)64-61-58-55-52-21-18-15-12-9-6-3)78-72(75)66-63-60-57-54-51-49-47-45-42-29-27-25-23-20-17-14-11-8-5-2/h22,24,28,30,69H,4-21,23,25-27,29,31-68H2,1-3H3/b24-22-,30-28-. The second-order valence-corrected chi connectivity index (χ2v) is 24.2. The monoisotopic (exact) mass is 1100 g/mol. The second-order valence-electron chi connectivity index (χ2n) is 24.2. The third-order valence-electron chi connectivity index (χ3n) is 16.2. The highest BCUT2D eigenvalue weighted by molar-refractivity contribution is 5.71. The van der Waals surface area contributed by atoms with Gasteiger partial charge in [0.1, 0.15) is 13.2 Å². The molecule has 0 radical (unpaired) electrons. The predicted molar refractivity (Wildman–Crippen MR) is 340 cm³/mol. The van der Waals surface area contributed by atoms with Crippen molar-refractivity contribution in [2.45, 2.75) is 406 Å². The second kappa shape index (κ2) is 67.4. The van der Waals surface area contributed by atoms with Crippen LogP contribution in [0.25, 0.3) is 0 Å². The fourth-order valence-electron chi connectivity index (χ4n) is 10.9. The van der Waals surface area contributed by atoms with Crippen molar-refractivity contribution in [3.05, 3.63) is 24.3 Å². The molecule has 0 amide bonds. The molecule has 0 heterocycles. The number of carbonyl (C=O) groups is 3. The maximum Gasteiger partial charge on any atom is 0.306 e. The first kappa shape index (κ1) is 75.9. The van der Waals surface area contributed by atoms with Crippen LogP contribution in [0.2, 0.25) is 0 Å². The number of hydrogen-bond acceptors (Lipinski definition) is 6. The average Bonchev–Trinajstić information content (AvgIpc) is 3.44. The van der Waals surface area contributed by atoms with Gasteiger partial charge in [-0.2, -0.15) is 0 Å². The van der Waals surface area contributed by atoms with Crippen LogP contribution in [-0.2, 0) is 28.6 Å². The molecular weight excluding hydrogens is 961 g/mol. The van der Waals surface area contributed by atoms with Crippen molar-refractivity contribution in [3.8, 4) is 0 Å². The molecule has 1 unspecified atom stereocenters. The molecule has 0 aliphatic heterocycles. The van der Waals surface area contributed by atoms with Crippen molar-refractivity contribution in [3.63, 3.8) is 0 Å². The third kappa shape index (κ3) is 64.7. The summed E-state index contributed by atoms with van der Waals surface area (Å²) < 4.78 is 17.0. The minimum absolute atomic E-state index is 0.0634. The van der Waals surface area contributed by atoms with Crippen LogP contribution in [0.3, 0.4) is 0 Å². The Kier molecular flexibility index (Phi) is 65.6. The summed E-state index contributed by atoms with van der Waals surface area (Å²) in [5, 5.41) is 0. The number of allylic oxidation sites excluding steroid dienone is 4. The van der Waals surface area contributed by atoms with Crippen LogP contribution in [0.15, 0.2) is 24.3 Å². The van der Waals surface area contributed by atoms with E-state index in [1.165, 1.54) is 295 Å². The summed E-state index contributed by atoms with van der Waals surface area (Å²) in [6.45, 7) is 6.70. The first-order valence-corrected chi connectivity index (χ1v) is 35.3. The van der Waals surface area contributed by atoms with E-state index in [1.54, 1.807) is 0 Å². The van der Waals surface area contributed by atoms with Gasteiger partial charge >= 0.3 is 17.9 Å². The molecule has 0 aromatic heterocycles. The van der Waals surface area contributed by atoms with Crippen molar-refractivity contribution in [1.82, 2.24) is 0 Å². The Balaban J connectivity index is 4.07. The van der Waals surface area contributed by atoms with E-state index < -0.39 is 6.10 Å². The zero-order valence-corrected chi connectivity index (χ0v) is 53.0. The van der Waals surface area contributed by atoms with Gasteiger partial charge in [0.2, 0.25) is 0 Å². The molecule has 1 atom stereocenters. The van der Waals surface area contributed by atoms with Crippen LogP contribution in [0.5, 0.6) is 0 Å². The van der Waals surface area contributed by atoms with E-state index in [4.69, 9.17) is 14.2 Å². The molecule has 0 aliphatic rings. The smallest absolute Gasteiger partial charge is 0.306 e. The van der Waals surface area contributed by atoms with E-state index in [1.807, 2.05) is 0 Å². The van der Waals surface area contributed by atoms with Gasteiger partial charge in [-0.25, -0.2) is 0 Å². The molecule has 6 heteroatoms. The SMILES string of the molecule is CCCCCCC/C=C\C/C=C\CCCCCCCCCCCCCCCCCCCCCC(=O)OCC(COC(=O)CCCCCCCCCCCC)OC(=O)CCCCCCCCCCCCCCCCCCCCC. The Morgan fingerprint density at radius 1 is 0.256 bits per heavy atom. The summed E-state index contributed by atoms with van der Waals surface area (Å²) >= 11 is 0. The molecule has 0 saturated heterocycles. The Hall–Kier alpha value is -2.11. The topological polar surface area (TPSA) is 78.9 Å². The molecule has 460 valence electrons. The molecule has 0 aromatic carbocycles. The highest BCUT2D eigenvalue weighted by atomic mass is 16.6. The van der Waals surface area contributed by atoms with E-state index in [2.05, 4.69) is 45.1 Å². The number of unbranched alkanes of at least 4 members (excludes halogenated alkanes) is 51. The Bertz CT molecular complexity index is 1260. The van der Waals surface area contributed by atoms with Gasteiger partial charge in [-0.15, -0.1) is 0 Å². The molecular formula is C72H136O6. The van der Waals surface area contributed by atoms with Gasteiger partial charge in [-0.05, 0) is 51.4 Å². The molecule has 0 N–H and O–H groups in total. The van der Waals surface area contributed by atoms with Gasteiger partial charge in [0.25, 0.3) is 0 Å². The number of carbonyl (C=O) groups excluding carboxylic acids is 3. The van der Waals surface area contributed by atoms with Crippen molar-refractivity contribution in [2.24, 2.45) is 0 Å². The van der Waals surface area contributed by atoms with Crippen molar-refractivity contribution in [1.29, 1.82) is 0 Å². The molecule has 0 aliphatic carbocycles. The fourth-order valence-corrected chi connectivity index (χ4v) is 10.9. The molecule has 0 aromatic rings. The lowest BCUT2D eigenvalue weighted by Crippen LogP contribution is -2.30. The van der Waals surface area contributed by atoms with Crippen LogP contribution >= 0.6 is 0 Å². The third-order valence-corrected chi connectivity index (χ3v) is 16.2. The molecule has 0 fully saturated rings. The van der Waals surface area contributed by atoms with Gasteiger partial charge in [0.05, 0.1) is 0 Å². The van der Waals surface area contributed by atoms with Crippen molar-refractivity contribution in [2.75, 3.05) is 13.2 Å². The zero-order valence-electron chi connectivity index (χ0n) is 53.0. The van der Waals surface area contributed by atoms with Gasteiger partial charge in [0, 0.05) is 19.3 Å².